The molecule has 0 aromatic heterocycles. The van der Waals surface area contributed by atoms with Crippen molar-refractivity contribution >= 4 is 5.97 Å². The van der Waals surface area contributed by atoms with Gasteiger partial charge in [0.05, 0.1) is 6.42 Å². The van der Waals surface area contributed by atoms with Crippen molar-refractivity contribution < 1.29 is 23.1 Å². The summed E-state index contributed by atoms with van der Waals surface area (Å²) in [6.45, 7) is 0.907. The fourth-order valence-corrected chi connectivity index (χ4v) is 2.63. The third kappa shape index (κ3) is 3.50. The minimum atomic E-state index is -1.48. The molecule has 1 aromatic rings. The molecule has 1 unspecified atom stereocenters. The van der Waals surface area contributed by atoms with Crippen LogP contribution in [0.15, 0.2) is 12.1 Å². The second-order valence-electron chi connectivity index (χ2n) is 5.09. The van der Waals surface area contributed by atoms with Gasteiger partial charge in [-0.3, -0.25) is 9.69 Å². The summed E-state index contributed by atoms with van der Waals surface area (Å²) in [6, 6.07) is 1.79. The Morgan fingerprint density at radius 2 is 1.90 bits per heavy atom. The molecule has 0 amide bonds. The predicted molar refractivity (Wildman–Crippen MR) is 66.6 cm³/mol. The Bertz CT molecular complexity index is 484. The topological polar surface area (TPSA) is 40.5 Å². The van der Waals surface area contributed by atoms with E-state index in [0.29, 0.717) is 12.1 Å². The Hall–Kier alpha value is -1.56. The van der Waals surface area contributed by atoms with Crippen molar-refractivity contribution in [2.75, 3.05) is 6.54 Å². The lowest BCUT2D eigenvalue weighted by molar-refractivity contribution is -0.138. The number of nitrogens with zero attached hydrogens (tertiary/aromatic N) is 1. The maximum Gasteiger partial charge on any atom is 0.304 e. The first-order valence-corrected chi connectivity index (χ1v) is 6.56. The molecule has 20 heavy (non-hydrogen) atoms. The molecule has 1 aromatic carbocycles. The van der Waals surface area contributed by atoms with Gasteiger partial charge in [-0.2, -0.15) is 0 Å². The van der Waals surface area contributed by atoms with Crippen LogP contribution in [-0.2, 0) is 11.3 Å². The van der Waals surface area contributed by atoms with Gasteiger partial charge in [0.2, 0.25) is 0 Å². The third-order valence-corrected chi connectivity index (χ3v) is 3.59. The zero-order valence-corrected chi connectivity index (χ0v) is 10.9. The molecule has 1 N–H and O–H groups in total. The SMILES string of the molecule is O=C(O)CC1CCCCN1Cc1cc(F)c(F)c(F)c1. The van der Waals surface area contributed by atoms with Gasteiger partial charge in [0.15, 0.2) is 17.5 Å². The lowest BCUT2D eigenvalue weighted by atomic mass is 9.98. The van der Waals surface area contributed by atoms with E-state index in [1.165, 1.54) is 0 Å². The van der Waals surface area contributed by atoms with Crippen LogP contribution in [0.4, 0.5) is 13.2 Å². The first-order chi connectivity index (χ1) is 9.47. The number of carbonyl (C=O) groups is 1. The van der Waals surface area contributed by atoms with Crippen LogP contribution in [0.25, 0.3) is 0 Å². The maximum atomic E-state index is 13.2. The molecule has 6 heteroatoms. The Labute approximate surface area is 115 Å². The number of halogens is 3. The molecule has 0 bridgehead atoms. The number of carboxylic acid groups (broad SMARTS) is 1. The molecule has 1 aliphatic heterocycles. The normalized spacial score (nSPS) is 20.1. The van der Waals surface area contributed by atoms with E-state index in [2.05, 4.69) is 0 Å². The van der Waals surface area contributed by atoms with Crippen molar-refractivity contribution in [1.82, 2.24) is 4.90 Å². The fourth-order valence-electron chi connectivity index (χ4n) is 2.63. The van der Waals surface area contributed by atoms with Gasteiger partial charge in [-0.15, -0.1) is 0 Å². The summed E-state index contributed by atoms with van der Waals surface area (Å²) in [5.41, 5.74) is 0.318. The van der Waals surface area contributed by atoms with Crippen LogP contribution in [0.3, 0.4) is 0 Å². The summed E-state index contributed by atoms with van der Waals surface area (Å²) in [5.74, 6) is -4.80. The summed E-state index contributed by atoms with van der Waals surface area (Å²) in [4.78, 5) is 12.7. The molecule has 0 radical (unpaired) electrons. The smallest absolute Gasteiger partial charge is 0.304 e. The number of likely N-dealkylation sites (tertiary alicyclic amines) is 1. The Kier molecular flexibility index (Phi) is 4.65. The molecule has 0 saturated carbocycles. The molecule has 0 spiro atoms. The van der Waals surface area contributed by atoms with Crippen molar-refractivity contribution in [2.45, 2.75) is 38.3 Å². The van der Waals surface area contributed by atoms with Crippen LogP contribution >= 0.6 is 0 Å². The lowest BCUT2D eigenvalue weighted by Crippen LogP contribution is -2.40. The van der Waals surface area contributed by atoms with Crippen molar-refractivity contribution in [2.24, 2.45) is 0 Å². The predicted octanol–water partition coefficient (Wildman–Crippen LogP) is 2.93. The molecule has 1 fully saturated rings. The molecule has 1 atom stereocenters. The van der Waals surface area contributed by atoms with Crippen molar-refractivity contribution in [3.05, 3.63) is 35.1 Å². The van der Waals surface area contributed by atoms with E-state index in [9.17, 15) is 18.0 Å². The Morgan fingerprint density at radius 3 is 2.50 bits per heavy atom. The van der Waals surface area contributed by atoms with E-state index < -0.39 is 23.4 Å². The highest BCUT2D eigenvalue weighted by Gasteiger charge is 2.25. The molecular weight excluding hydrogens is 271 g/mol. The maximum absolute atomic E-state index is 13.2. The van der Waals surface area contributed by atoms with Crippen molar-refractivity contribution in [3.8, 4) is 0 Å². The molecule has 2 rings (SSSR count). The molecule has 0 aliphatic carbocycles. The number of carboxylic acids is 1. The first kappa shape index (κ1) is 14.8. The molecule has 3 nitrogen and oxygen atoms in total. The van der Waals surface area contributed by atoms with Crippen LogP contribution in [0, 0.1) is 17.5 Å². The highest BCUT2D eigenvalue weighted by molar-refractivity contribution is 5.67. The monoisotopic (exact) mass is 287 g/mol. The van der Waals surface area contributed by atoms with Crippen molar-refractivity contribution in [1.29, 1.82) is 0 Å². The van der Waals surface area contributed by atoms with E-state index in [1.807, 2.05) is 4.90 Å². The van der Waals surface area contributed by atoms with Gasteiger partial charge >= 0.3 is 5.97 Å². The molecule has 110 valence electrons. The van der Waals surface area contributed by atoms with Crippen molar-refractivity contribution in [3.63, 3.8) is 0 Å². The van der Waals surface area contributed by atoms with Crippen LogP contribution in [0.1, 0.15) is 31.2 Å². The highest BCUT2D eigenvalue weighted by atomic mass is 19.2. The molecular formula is C14H16F3NO2. The average Bonchev–Trinajstić information content (AvgIpc) is 2.37. The Balaban J connectivity index is 2.12. The van der Waals surface area contributed by atoms with Gasteiger partial charge in [0.1, 0.15) is 0 Å². The highest BCUT2D eigenvalue weighted by Crippen LogP contribution is 2.23. The summed E-state index contributed by atoms with van der Waals surface area (Å²) in [7, 11) is 0. The number of aliphatic carboxylic acids is 1. The van der Waals surface area contributed by atoms with E-state index >= 15 is 0 Å². The minimum absolute atomic E-state index is 0.00611. The van der Waals surface area contributed by atoms with Gasteiger partial charge in [0, 0.05) is 12.6 Å². The third-order valence-electron chi connectivity index (χ3n) is 3.59. The second kappa shape index (κ2) is 6.26. The molecule has 1 heterocycles. The standard InChI is InChI=1S/C14H16F3NO2/c15-11-5-9(6-12(16)14(11)17)8-18-4-2-1-3-10(18)7-13(19)20/h5-6,10H,1-4,7-8H2,(H,19,20). The zero-order chi connectivity index (χ0) is 14.7. The second-order valence-corrected chi connectivity index (χ2v) is 5.09. The summed E-state index contributed by atoms with van der Waals surface area (Å²) < 4.78 is 39.2. The summed E-state index contributed by atoms with van der Waals surface area (Å²) >= 11 is 0. The van der Waals surface area contributed by atoms with Gasteiger partial charge in [0.25, 0.3) is 0 Å². The number of rotatable bonds is 4. The summed E-state index contributed by atoms with van der Waals surface area (Å²) in [6.07, 6.45) is 2.62. The van der Waals surface area contributed by atoms with E-state index in [4.69, 9.17) is 5.11 Å². The summed E-state index contributed by atoms with van der Waals surface area (Å²) in [5, 5.41) is 8.88. The van der Waals surface area contributed by atoms with E-state index in [0.717, 1.165) is 31.4 Å². The number of piperidine rings is 1. The van der Waals surface area contributed by atoms with Crippen LogP contribution in [0.5, 0.6) is 0 Å². The molecule has 1 saturated heterocycles. The van der Waals surface area contributed by atoms with Crippen LogP contribution < -0.4 is 0 Å². The molecule has 1 aliphatic rings. The number of hydrogen-bond acceptors (Lipinski definition) is 2. The largest absolute Gasteiger partial charge is 0.481 e. The average molecular weight is 287 g/mol. The minimum Gasteiger partial charge on any atom is -0.481 e. The van der Waals surface area contributed by atoms with E-state index in [1.54, 1.807) is 0 Å². The van der Waals surface area contributed by atoms with Crippen LogP contribution in [0.2, 0.25) is 0 Å². The van der Waals surface area contributed by atoms with Gasteiger partial charge < -0.3 is 5.11 Å². The van der Waals surface area contributed by atoms with Gasteiger partial charge in [-0.1, -0.05) is 6.42 Å². The van der Waals surface area contributed by atoms with Gasteiger partial charge in [-0.05, 0) is 37.1 Å². The zero-order valence-electron chi connectivity index (χ0n) is 10.9. The van der Waals surface area contributed by atoms with Gasteiger partial charge in [-0.25, -0.2) is 13.2 Å². The number of benzene rings is 1. The van der Waals surface area contributed by atoms with E-state index in [-0.39, 0.29) is 19.0 Å². The first-order valence-electron chi connectivity index (χ1n) is 6.56. The fraction of sp³-hybridized carbons (Fsp3) is 0.500. The van der Waals surface area contributed by atoms with Crippen LogP contribution in [-0.4, -0.2) is 28.6 Å². The Morgan fingerprint density at radius 1 is 1.25 bits per heavy atom. The lowest BCUT2D eigenvalue weighted by Gasteiger charge is -2.35. The number of hydrogen-bond donors (Lipinski definition) is 1. The quantitative estimate of drug-likeness (QED) is 0.866.